The summed E-state index contributed by atoms with van der Waals surface area (Å²) < 4.78 is 12.0. The number of carbonyl (C=O) groups is 3. The largest absolute Gasteiger partial charge is 0.497 e. The highest BCUT2D eigenvalue weighted by molar-refractivity contribution is 5.92. The zero-order chi connectivity index (χ0) is 29.1. The van der Waals surface area contributed by atoms with Crippen molar-refractivity contribution in [3.8, 4) is 11.4 Å². The number of aldehydes is 2. The lowest BCUT2D eigenvalue weighted by Crippen LogP contribution is -2.23. The predicted octanol–water partition coefficient (Wildman–Crippen LogP) is 3.72. The van der Waals surface area contributed by atoms with Gasteiger partial charge < -0.3 is 29.2 Å². The van der Waals surface area contributed by atoms with Crippen LogP contribution in [0.15, 0.2) is 48.5 Å². The highest BCUT2D eigenvalue weighted by Gasteiger charge is 2.26. The molecule has 1 unspecified atom stereocenters. The van der Waals surface area contributed by atoms with Crippen LogP contribution in [0.3, 0.4) is 0 Å². The maximum atomic E-state index is 13.0. The van der Waals surface area contributed by atoms with E-state index in [2.05, 4.69) is 10.00 Å². The third-order valence-corrected chi connectivity index (χ3v) is 6.70. The van der Waals surface area contributed by atoms with Crippen LogP contribution in [0.5, 0.6) is 5.75 Å². The number of rotatable bonds is 16. The fraction of sp³-hybridized carbons (Fsp3) is 0.400. The Balaban J connectivity index is 1.81. The Bertz CT molecular complexity index is 1260. The van der Waals surface area contributed by atoms with Gasteiger partial charge in [-0.2, -0.15) is 5.10 Å². The molecule has 10 heteroatoms. The monoisotopic (exact) mass is 550 g/mol. The van der Waals surface area contributed by atoms with Crippen LogP contribution in [0, 0.1) is 0 Å². The molecule has 1 heterocycles. The summed E-state index contributed by atoms with van der Waals surface area (Å²) in [7, 11) is 5.53. The number of ether oxygens (including phenoxy) is 2. The zero-order valence-electron chi connectivity index (χ0n) is 23.6. The van der Waals surface area contributed by atoms with Gasteiger partial charge in [-0.15, -0.1) is 0 Å². The van der Waals surface area contributed by atoms with E-state index in [0.717, 1.165) is 37.0 Å². The second-order valence-electron chi connectivity index (χ2n) is 9.61. The second kappa shape index (κ2) is 14.8. The number of nitrogens with zero attached hydrogens (tertiary/aromatic N) is 4. The van der Waals surface area contributed by atoms with Crippen LogP contribution in [0.1, 0.15) is 52.7 Å². The van der Waals surface area contributed by atoms with Gasteiger partial charge in [0.25, 0.3) is 0 Å². The average molecular weight is 551 g/mol. The van der Waals surface area contributed by atoms with Crippen molar-refractivity contribution in [2.45, 2.75) is 38.7 Å². The number of aliphatic hydroxyl groups excluding tert-OH is 1. The number of esters is 1. The summed E-state index contributed by atoms with van der Waals surface area (Å²) in [6.07, 6.45) is 3.70. The number of methoxy groups -OCH3 is 1. The molecule has 1 N–H and O–H groups in total. The lowest BCUT2D eigenvalue weighted by atomic mass is 10.1. The quantitative estimate of drug-likeness (QED) is 0.162. The number of hydrogen-bond donors (Lipinski definition) is 1. The molecular formula is C30H38N4O6. The van der Waals surface area contributed by atoms with Crippen LogP contribution in [0.2, 0.25) is 0 Å². The highest BCUT2D eigenvalue weighted by atomic mass is 16.6. The van der Waals surface area contributed by atoms with Gasteiger partial charge in [0.1, 0.15) is 23.8 Å². The number of carbonyl (C=O) groups excluding carboxylic acids is 3. The number of aliphatic hydroxyl groups is 1. The number of hydrogen-bond acceptors (Lipinski definition) is 9. The molecule has 0 aliphatic carbocycles. The van der Waals surface area contributed by atoms with Gasteiger partial charge in [-0.3, -0.25) is 4.79 Å². The summed E-state index contributed by atoms with van der Waals surface area (Å²) in [4.78, 5) is 40.0. The SMILES string of the molecule is COc1ccc(-n2nc(C(=O)OC(C)CO)c(CCN(C)c3ccc(N(C)CCCCC=O)cc3)c2C=O)cc1. The van der Waals surface area contributed by atoms with Crippen LogP contribution in [-0.2, 0) is 16.0 Å². The van der Waals surface area contributed by atoms with Crippen molar-refractivity contribution in [1.82, 2.24) is 9.78 Å². The normalized spacial score (nSPS) is 11.5. The number of aromatic nitrogens is 2. The molecule has 0 fully saturated rings. The van der Waals surface area contributed by atoms with Gasteiger partial charge in [0.15, 0.2) is 12.0 Å². The van der Waals surface area contributed by atoms with Crippen molar-refractivity contribution >= 4 is 29.9 Å². The molecule has 10 nitrogen and oxygen atoms in total. The highest BCUT2D eigenvalue weighted by Crippen LogP contribution is 2.24. The molecule has 3 aromatic rings. The summed E-state index contributed by atoms with van der Waals surface area (Å²) in [6, 6.07) is 15.1. The van der Waals surface area contributed by atoms with E-state index < -0.39 is 12.1 Å². The molecule has 0 spiro atoms. The molecule has 0 saturated heterocycles. The second-order valence-corrected chi connectivity index (χ2v) is 9.61. The molecule has 0 saturated carbocycles. The first kappa shape index (κ1) is 30.4. The van der Waals surface area contributed by atoms with E-state index in [1.807, 2.05) is 43.3 Å². The summed E-state index contributed by atoms with van der Waals surface area (Å²) in [6.45, 7) is 2.63. The number of benzene rings is 2. The van der Waals surface area contributed by atoms with E-state index >= 15 is 0 Å². The van der Waals surface area contributed by atoms with Crippen molar-refractivity contribution in [2.75, 3.05) is 50.7 Å². The van der Waals surface area contributed by atoms with Crippen molar-refractivity contribution < 1.29 is 29.0 Å². The third-order valence-electron chi connectivity index (χ3n) is 6.70. The van der Waals surface area contributed by atoms with Gasteiger partial charge in [0, 0.05) is 50.5 Å². The maximum Gasteiger partial charge on any atom is 0.359 e. The number of anilines is 2. The first-order valence-electron chi connectivity index (χ1n) is 13.3. The Hall–Kier alpha value is -4.18. The Morgan fingerprint density at radius 3 is 2.17 bits per heavy atom. The molecule has 3 rings (SSSR count). The van der Waals surface area contributed by atoms with Crippen molar-refractivity contribution in [3.05, 3.63) is 65.5 Å². The molecule has 1 atom stereocenters. The minimum Gasteiger partial charge on any atom is -0.497 e. The van der Waals surface area contributed by atoms with E-state index in [-0.39, 0.29) is 18.0 Å². The summed E-state index contributed by atoms with van der Waals surface area (Å²) >= 11 is 0. The minimum absolute atomic E-state index is 0.0400. The topological polar surface area (TPSA) is 114 Å². The van der Waals surface area contributed by atoms with Crippen molar-refractivity contribution in [1.29, 1.82) is 0 Å². The van der Waals surface area contributed by atoms with E-state index in [1.165, 1.54) is 4.68 Å². The summed E-state index contributed by atoms with van der Waals surface area (Å²) in [5.41, 5.74) is 3.42. The van der Waals surface area contributed by atoms with Crippen LogP contribution >= 0.6 is 0 Å². The standard InChI is InChI=1S/C30H38N4O6/c1-22(20-36)40-30(38)29-27(28(21-37)34(31-29)25-12-14-26(39-4)15-13-25)16-18-33(3)24-10-8-23(9-11-24)32(2)17-6-5-7-19-35/h8-15,19,21-22,36H,5-7,16-18,20H2,1-4H3. The summed E-state index contributed by atoms with van der Waals surface area (Å²) in [5, 5.41) is 13.8. The molecule has 0 aliphatic heterocycles. The molecular weight excluding hydrogens is 512 g/mol. The first-order valence-corrected chi connectivity index (χ1v) is 13.3. The van der Waals surface area contributed by atoms with E-state index in [0.29, 0.717) is 42.7 Å². The van der Waals surface area contributed by atoms with Gasteiger partial charge in [-0.25, -0.2) is 9.48 Å². The van der Waals surface area contributed by atoms with E-state index in [4.69, 9.17) is 9.47 Å². The van der Waals surface area contributed by atoms with Gasteiger partial charge in [-0.05, 0) is 74.7 Å². The van der Waals surface area contributed by atoms with Gasteiger partial charge in [0.2, 0.25) is 0 Å². The van der Waals surface area contributed by atoms with Gasteiger partial charge in [0.05, 0.1) is 19.4 Å². The lowest BCUT2D eigenvalue weighted by molar-refractivity contribution is -0.107. The predicted molar refractivity (Wildman–Crippen MR) is 154 cm³/mol. The molecule has 0 aliphatic rings. The van der Waals surface area contributed by atoms with Crippen LogP contribution in [0.4, 0.5) is 11.4 Å². The van der Waals surface area contributed by atoms with Crippen LogP contribution in [0.25, 0.3) is 5.69 Å². The first-order chi connectivity index (χ1) is 19.3. The Morgan fingerprint density at radius 1 is 1.00 bits per heavy atom. The molecule has 0 amide bonds. The fourth-order valence-corrected chi connectivity index (χ4v) is 4.27. The Kier molecular flexibility index (Phi) is 11.3. The molecule has 2 aromatic carbocycles. The van der Waals surface area contributed by atoms with Gasteiger partial charge >= 0.3 is 5.97 Å². The van der Waals surface area contributed by atoms with Crippen molar-refractivity contribution in [2.24, 2.45) is 0 Å². The molecule has 0 radical (unpaired) electrons. The molecule has 0 bridgehead atoms. The lowest BCUT2D eigenvalue weighted by Gasteiger charge is -2.23. The maximum absolute atomic E-state index is 13.0. The zero-order valence-corrected chi connectivity index (χ0v) is 23.6. The van der Waals surface area contributed by atoms with Crippen molar-refractivity contribution in [3.63, 3.8) is 0 Å². The van der Waals surface area contributed by atoms with E-state index in [1.54, 1.807) is 38.3 Å². The number of likely N-dealkylation sites (N-methyl/N-ethyl adjacent to an activating group) is 1. The summed E-state index contributed by atoms with van der Waals surface area (Å²) in [5.74, 6) is -0.0491. The van der Waals surface area contributed by atoms with Crippen LogP contribution in [-0.4, -0.2) is 80.4 Å². The minimum atomic E-state index is -0.712. The Morgan fingerprint density at radius 2 is 1.62 bits per heavy atom. The van der Waals surface area contributed by atoms with Crippen LogP contribution < -0.4 is 14.5 Å². The Labute approximate surface area is 235 Å². The average Bonchev–Trinajstić information content (AvgIpc) is 3.36. The number of unbranched alkanes of at least 4 members (excludes halogenated alkanes) is 2. The smallest absolute Gasteiger partial charge is 0.359 e. The molecule has 214 valence electrons. The molecule has 40 heavy (non-hydrogen) atoms. The fourth-order valence-electron chi connectivity index (χ4n) is 4.27. The third kappa shape index (κ3) is 7.69. The molecule has 1 aromatic heterocycles. The van der Waals surface area contributed by atoms with E-state index in [9.17, 15) is 19.5 Å². The van der Waals surface area contributed by atoms with Gasteiger partial charge in [-0.1, -0.05) is 0 Å².